The van der Waals surface area contributed by atoms with E-state index in [0.717, 1.165) is 0 Å². The molecule has 0 unspecified atom stereocenters. The number of carbonyl (C=O) groups excluding carboxylic acids is 1. The third-order valence-electron chi connectivity index (χ3n) is 3.93. The average Bonchev–Trinajstić information content (AvgIpc) is 2.93. The van der Waals surface area contributed by atoms with Crippen LogP contribution in [0.2, 0.25) is 5.15 Å². The SMILES string of the molecule is CC(C)(C)OC(=O)N1C[C@@H](O)[C@@H](O)[C@H](n2cnc3c(Cl)ncnc32)C1. The molecule has 0 bridgehead atoms. The molecule has 9 nitrogen and oxygen atoms in total. The number of carbonyl (C=O) groups is 1. The number of piperidine rings is 1. The van der Waals surface area contributed by atoms with Gasteiger partial charge in [-0.05, 0) is 20.8 Å². The number of nitrogens with zero attached hydrogens (tertiary/aromatic N) is 5. The van der Waals surface area contributed by atoms with E-state index in [1.807, 2.05) is 0 Å². The number of ether oxygens (including phenoxy) is 1. The molecular formula is C15H20ClN5O4. The van der Waals surface area contributed by atoms with Crippen molar-refractivity contribution < 1.29 is 19.7 Å². The molecule has 25 heavy (non-hydrogen) atoms. The van der Waals surface area contributed by atoms with Crippen LogP contribution < -0.4 is 0 Å². The summed E-state index contributed by atoms with van der Waals surface area (Å²) in [5.41, 5.74) is 0.151. The highest BCUT2D eigenvalue weighted by atomic mass is 35.5. The Morgan fingerprint density at radius 1 is 1.28 bits per heavy atom. The molecule has 136 valence electrons. The van der Waals surface area contributed by atoms with E-state index in [4.69, 9.17) is 16.3 Å². The number of aromatic nitrogens is 4. The number of aliphatic hydroxyl groups excluding tert-OH is 2. The van der Waals surface area contributed by atoms with Crippen molar-refractivity contribution in [2.24, 2.45) is 0 Å². The summed E-state index contributed by atoms with van der Waals surface area (Å²) in [7, 11) is 0. The van der Waals surface area contributed by atoms with Gasteiger partial charge < -0.3 is 24.4 Å². The van der Waals surface area contributed by atoms with Crippen LogP contribution in [-0.2, 0) is 4.74 Å². The van der Waals surface area contributed by atoms with Crippen molar-refractivity contribution in [3.05, 3.63) is 17.8 Å². The molecule has 3 rings (SSSR count). The molecule has 0 radical (unpaired) electrons. The third kappa shape index (κ3) is 3.53. The van der Waals surface area contributed by atoms with Crippen LogP contribution in [0.15, 0.2) is 12.7 Å². The topological polar surface area (TPSA) is 114 Å². The van der Waals surface area contributed by atoms with Crippen LogP contribution in [0, 0.1) is 0 Å². The van der Waals surface area contributed by atoms with Crippen molar-refractivity contribution in [2.45, 2.75) is 44.6 Å². The number of β-amino-alcohol motifs (C(OH)–C–C–N with tert-alkyl or cyclic N) is 1. The minimum atomic E-state index is -1.12. The summed E-state index contributed by atoms with van der Waals surface area (Å²) in [5, 5.41) is 20.8. The van der Waals surface area contributed by atoms with E-state index >= 15 is 0 Å². The van der Waals surface area contributed by atoms with Gasteiger partial charge in [0.1, 0.15) is 23.5 Å². The lowest BCUT2D eigenvalue weighted by atomic mass is 9.99. The van der Waals surface area contributed by atoms with Crippen LogP contribution in [0.1, 0.15) is 26.8 Å². The number of hydrogen-bond donors (Lipinski definition) is 2. The minimum Gasteiger partial charge on any atom is -0.444 e. The molecular weight excluding hydrogens is 350 g/mol. The molecule has 2 aromatic heterocycles. The van der Waals surface area contributed by atoms with E-state index in [1.54, 1.807) is 25.3 Å². The van der Waals surface area contributed by atoms with Crippen molar-refractivity contribution in [1.82, 2.24) is 24.4 Å². The number of aliphatic hydroxyl groups is 2. The van der Waals surface area contributed by atoms with Gasteiger partial charge in [-0.25, -0.2) is 19.7 Å². The molecule has 1 aliphatic heterocycles. The van der Waals surface area contributed by atoms with Crippen LogP contribution in [-0.4, -0.2) is 71.6 Å². The molecule has 1 amide bonds. The van der Waals surface area contributed by atoms with Crippen LogP contribution in [0.5, 0.6) is 0 Å². The number of rotatable bonds is 1. The van der Waals surface area contributed by atoms with Gasteiger partial charge in [0.25, 0.3) is 0 Å². The van der Waals surface area contributed by atoms with E-state index in [1.165, 1.54) is 17.6 Å². The second-order valence-corrected chi connectivity index (χ2v) is 7.36. The van der Waals surface area contributed by atoms with Crippen LogP contribution in [0.3, 0.4) is 0 Å². The molecule has 3 atom stereocenters. The molecule has 0 aromatic carbocycles. The van der Waals surface area contributed by atoms with E-state index in [-0.39, 0.29) is 18.2 Å². The molecule has 1 aliphatic rings. The third-order valence-corrected chi connectivity index (χ3v) is 4.20. The Morgan fingerprint density at radius 3 is 2.68 bits per heavy atom. The lowest BCUT2D eigenvalue weighted by Gasteiger charge is -2.40. The van der Waals surface area contributed by atoms with Crippen molar-refractivity contribution in [3.63, 3.8) is 0 Å². The fraction of sp³-hybridized carbons (Fsp3) is 0.600. The van der Waals surface area contributed by atoms with Crippen LogP contribution in [0.25, 0.3) is 11.2 Å². The zero-order valence-corrected chi connectivity index (χ0v) is 14.9. The normalized spacial score (nSPS) is 24.6. The molecule has 2 N–H and O–H groups in total. The number of amides is 1. The lowest BCUT2D eigenvalue weighted by Crippen LogP contribution is -2.55. The second kappa shape index (κ2) is 6.40. The quantitative estimate of drug-likeness (QED) is 0.720. The molecule has 1 fully saturated rings. The van der Waals surface area contributed by atoms with Gasteiger partial charge in [-0.2, -0.15) is 0 Å². The Labute approximate surface area is 149 Å². The molecule has 0 aliphatic carbocycles. The minimum absolute atomic E-state index is 0.0189. The van der Waals surface area contributed by atoms with E-state index in [0.29, 0.717) is 11.2 Å². The standard InChI is InChI=1S/C15H20ClN5O4/c1-15(2,3)25-14(24)20-4-8(11(23)9(22)5-20)21-7-19-10-12(16)17-6-18-13(10)21/h6-9,11,22-23H,4-5H2,1-3H3/t8-,9-,11+/m1/s1. The summed E-state index contributed by atoms with van der Waals surface area (Å²) in [6.07, 6.45) is -0.0174. The van der Waals surface area contributed by atoms with Crippen LogP contribution in [0.4, 0.5) is 4.79 Å². The smallest absolute Gasteiger partial charge is 0.410 e. The predicted octanol–water partition coefficient (Wildman–Crippen LogP) is 0.993. The first-order valence-electron chi connectivity index (χ1n) is 7.84. The summed E-state index contributed by atoms with van der Waals surface area (Å²) < 4.78 is 6.95. The highest BCUT2D eigenvalue weighted by molar-refractivity contribution is 6.33. The monoisotopic (exact) mass is 369 g/mol. The fourth-order valence-electron chi connectivity index (χ4n) is 2.79. The lowest BCUT2D eigenvalue weighted by molar-refractivity contribution is -0.0714. The summed E-state index contributed by atoms with van der Waals surface area (Å²) in [5.74, 6) is 0. The number of halogens is 1. The Kier molecular flexibility index (Phi) is 4.56. The molecule has 2 aromatic rings. The van der Waals surface area contributed by atoms with Gasteiger partial charge in [-0.1, -0.05) is 11.6 Å². The van der Waals surface area contributed by atoms with E-state index in [2.05, 4.69) is 15.0 Å². The Hall–Kier alpha value is -1.97. The van der Waals surface area contributed by atoms with Gasteiger partial charge in [0.15, 0.2) is 10.8 Å². The average molecular weight is 370 g/mol. The first-order valence-corrected chi connectivity index (χ1v) is 8.22. The van der Waals surface area contributed by atoms with Crippen LogP contribution >= 0.6 is 11.6 Å². The molecule has 10 heteroatoms. The number of hydrogen-bond acceptors (Lipinski definition) is 7. The number of likely N-dealkylation sites (tertiary alicyclic amines) is 1. The maximum absolute atomic E-state index is 12.3. The first-order chi connectivity index (χ1) is 11.7. The van der Waals surface area contributed by atoms with Crippen molar-refractivity contribution >= 4 is 28.9 Å². The first kappa shape index (κ1) is 17.8. The van der Waals surface area contributed by atoms with Gasteiger partial charge >= 0.3 is 6.09 Å². The fourth-order valence-corrected chi connectivity index (χ4v) is 2.97. The van der Waals surface area contributed by atoms with E-state index < -0.39 is 29.9 Å². The van der Waals surface area contributed by atoms with Crippen molar-refractivity contribution in [1.29, 1.82) is 0 Å². The summed E-state index contributed by atoms with van der Waals surface area (Å²) in [6, 6.07) is -0.646. The van der Waals surface area contributed by atoms with Gasteiger partial charge in [0, 0.05) is 6.54 Å². The zero-order chi connectivity index (χ0) is 18.4. The van der Waals surface area contributed by atoms with E-state index in [9.17, 15) is 15.0 Å². The van der Waals surface area contributed by atoms with Gasteiger partial charge in [0.05, 0.1) is 25.0 Å². The van der Waals surface area contributed by atoms with Gasteiger partial charge in [0.2, 0.25) is 0 Å². The Balaban J connectivity index is 1.91. The Morgan fingerprint density at radius 2 is 2.00 bits per heavy atom. The number of imidazole rings is 1. The largest absolute Gasteiger partial charge is 0.444 e. The van der Waals surface area contributed by atoms with Gasteiger partial charge in [-0.15, -0.1) is 0 Å². The van der Waals surface area contributed by atoms with Crippen molar-refractivity contribution in [2.75, 3.05) is 13.1 Å². The molecule has 1 saturated heterocycles. The molecule has 0 spiro atoms. The summed E-state index contributed by atoms with van der Waals surface area (Å²) >= 11 is 6.00. The second-order valence-electron chi connectivity index (χ2n) is 7.00. The maximum atomic E-state index is 12.3. The van der Waals surface area contributed by atoms with Crippen molar-refractivity contribution in [3.8, 4) is 0 Å². The number of fused-ring (bicyclic) bond motifs is 1. The Bertz CT molecular complexity index is 790. The maximum Gasteiger partial charge on any atom is 0.410 e. The highest BCUT2D eigenvalue weighted by Crippen LogP contribution is 2.28. The zero-order valence-electron chi connectivity index (χ0n) is 14.1. The molecule has 3 heterocycles. The van der Waals surface area contributed by atoms with Gasteiger partial charge in [-0.3, -0.25) is 0 Å². The summed E-state index contributed by atoms with van der Waals surface area (Å²) in [6.45, 7) is 5.41. The predicted molar refractivity (Wildman–Crippen MR) is 89.2 cm³/mol. The highest BCUT2D eigenvalue weighted by Gasteiger charge is 2.39. The molecule has 0 saturated carbocycles. The summed E-state index contributed by atoms with van der Waals surface area (Å²) in [4.78, 5) is 25.9.